The van der Waals surface area contributed by atoms with Crippen LogP contribution in [0.3, 0.4) is 0 Å². The molecule has 0 heterocycles. The van der Waals surface area contributed by atoms with Gasteiger partial charge in [0.25, 0.3) is 0 Å². The van der Waals surface area contributed by atoms with Gasteiger partial charge >= 0.3 is 164 Å². The molecule has 0 aromatic heterocycles. The first kappa shape index (κ1) is 18.2. The topological polar surface area (TPSA) is 17.1 Å². The van der Waals surface area contributed by atoms with E-state index in [9.17, 15) is 4.79 Å². The van der Waals surface area contributed by atoms with Gasteiger partial charge in [0.1, 0.15) is 0 Å². The molecule has 3 aromatic rings. The van der Waals surface area contributed by atoms with E-state index in [1.807, 2.05) is 54.6 Å². The van der Waals surface area contributed by atoms with Crippen molar-refractivity contribution < 1.29 is 4.79 Å². The van der Waals surface area contributed by atoms with Crippen LogP contribution in [0.25, 0.3) is 0 Å². The molecule has 0 saturated heterocycles. The Morgan fingerprint density at radius 3 is 2.08 bits per heavy atom. The quantitative estimate of drug-likeness (QED) is 0.375. The molecule has 4 heteroatoms. The molecule has 1 unspecified atom stereocenters. The monoisotopic (exact) mass is 434 g/mol. The molecular weight excluding hydrogens is 418 g/mol. The standard InChI is InChI=1S/C21H16Cl2OSe/c22-19-12-6-4-10-16(19)18(14-25-15-8-2-1-3-9-15)21(24)17-11-5-7-13-20(17)23/h1-13,18H,14H2. The van der Waals surface area contributed by atoms with Crippen molar-refractivity contribution in [3.63, 3.8) is 0 Å². The van der Waals surface area contributed by atoms with E-state index in [0.29, 0.717) is 15.6 Å². The number of hydrogen-bond donors (Lipinski definition) is 0. The van der Waals surface area contributed by atoms with E-state index in [1.54, 1.807) is 12.1 Å². The van der Waals surface area contributed by atoms with Crippen molar-refractivity contribution >= 4 is 48.4 Å². The third kappa shape index (κ3) is 4.54. The van der Waals surface area contributed by atoms with E-state index in [1.165, 1.54) is 4.46 Å². The Bertz CT molecular complexity index is 865. The summed E-state index contributed by atoms with van der Waals surface area (Å²) in [6, 6.07) is 25.0. The zero-order chi connectivity index (χ0) is 17.6. The van der Waals surface area contributed by atoms with Crippen molar-refractivity contribution in [2.24, 2.45) is 0 Å². The van der Waals surface area contributed by atoms with Gasteiger partial charge in [0.2, 0.25) is 0 Å². The molecular formula is C21H16Cl2OSe. The van der Waals surface area contributed by atoms with Crippen molar-refractivity contribution in [3.05, 3.63) is 100 Å². The molecule has 0 amide bonds. The molecule has 1 atom stereocenters. The SMILES string of the molecule is O=C(c1ccccc1Cl)C(C[Se]c1ccccc1)c1ccccc1Cl. The molecule has 3 aromatic carbocycles. The predicted molar refractivity (Wildman–Crippen MR) is 107 cm³/mol. The number of rotatable bonds is 6. The summed E-state index contributed by atoms with van der Waals surface area (Å²) in [5.41, 5.74) is 1.42. The van der Waals surface area contributed by atoms with Crippen LogP contribution in [0.15, 0.2) is 78.9 Å². The molecule has 0 N–H and O–H groups in total. The van der Waals surface area contributed by atoms with Crippen LogP contribution in [0.2, 0.25) is 15.4 Å². The summed E-state index contributed by atoms with van der Waals surface area (Å²) in [7, 11) is 0. The van der Waals surface area contributed by atoms with Gasteiger partial charge in [-0.05, 0) is 0 Å². The van der Waals surface area contributed by atoms with Gasteiger partial charge in [0, 0.05) is 0 Å². The van der Waals surface area contributed by atoms with E-state index in [2.05, 4.69) is 12.1 Å². The molecule has 0 aliphatic carbocycles. The van der Waals surface area contributed by atoms with Crippen LogP contribution in [0.4, 0.5) is 0 Å². The first-order chi connectivity index (χ1) is 12.2. The van der Waals surface area contributed by atoms with Gasteiger partial charge in [0.15, 0.2) is 0 Å². The van der Waals surface area contributed by atoms with Gasteiger partial charge in [0.05, 0.1) is 0 Å². The summed E-state index contributed by atoms with van der Waals surface area (Å²) in [6.45, 7) is 0. The van der Waals surface area contributed by atoms with Gasteiger partial charge in [-0.3, -0.25) is 0 Å². The van der Waals surface area contributed by atoms with Crippen molar-refractivity contribution in [2.75, 3.05) is 0 Å². The molecule has 0 aliphatic rings. The number of carbonyl (C=O) groups excluding carboxylic acids is 1. The molecule has 0 radical (unpaired) electrons. The molecule has 0 aliphatic heterocycles. The average molecular weight is 434 g/mol. The van der Waals surface area contributed by atoms with Crippen LogP contribution in [0, 0.1) is 0 Å². The normalized spacial score (nSPS) is 11.9. The number of benzene rings is 3. The van der Waals surface area contributed by atoms with E-state index in [4.69, 9.17) is 23.2 Å². The molecule has 1 nitrogen and oxygen atoms in total. The zero-order valence-electron chi connectivity index (χ0n) is 13.4. The van der Waals surface area contributed by atoms with Crippen LogP contribution in [0.1, 0.15) is 21.8 Å². The Morgan fingerprint density at radius 1 is 0.800 bits per heavy atom. The molecule has 3 rings (SSSR count). The molecule has 25 heavy (non-hydrogen) atoms. The second kappa shape index (κ2) is 8.69. The number of Topliss-reactive ketones (excluding diaryl/α,β-unsaturated/α-hetero) is 1. The summed E-state index contributed by atoms with van der Waals surface area (Å²) in [5.74, 6) is -0.273. The van der Waals surface area contributed by atoms with Gasteiger partial charge < -0.3 is 0 Å². The minimum absolute atomic E-state index is 0.0245. The van der Waals surface area contributed by atoms with Crippen molar-refractivity contribution in [1.82, 2.24) is 0 Å². The first-order valence-electron chi connectivity index (χ1n) is 7.88. The molecule has 0 fully saturated rings. The number of carbonyl (C=O) groups is 1. The number of halogens is 2. The maximum atomic E-state index is 13.2. The molecule has 0 spiro atoms. The van der Waals surface area contributed by atoms with Crippen LogP contribution in [-0.4, -0.2) is 20.7 Å². The Balaban J connectivity index is 1.93. The second-order valence-electron chi connectivity index (χ2n) is 5.54. The summed E-state index contributed by atoms with van der Waals surface area (Å²) in [4.78, 5) is 13.2. The minimum atomic E-state index is -0.297. The fraction of sp³-hybridized carbons (Fsp3) is 0.0952. The van der Waals surface area contributed by atoms with E-state index in [0.717, 1.165) is 10.9 Å². The van der Waals surface area contributed by atoms with E-state index < -0.39 is 0 Å². The Morgan fingerprint density at radius 2 is 1.40 bits per heavy atom. The fourth-order valence-electron chi connectivity index (χ4n) is 2.61. The zero-order valence-corrected chi connectivity index (χ0v) is 16.6. The van der Waals surface area contributed by atoms with Crippen LogP contribution < -0.4 is 4.46 Å². The summed E-state index contributed by atoms with van der Waals surface area (Å²) < 4.78 is 1.26. The van der Waals surface area contributed by atoms with Crippen LogP contribution in [-0.2, 0) is 0 Å². The van der Waals surface area contributed by atoms with Gasteiger partial charge in [-0.2, -0.15) is 0 Å². The summed E-state index contributed by atoms with van der Waals surface area (Å²) >= 11 is 12.8. The van der Waals surface area contributed by atoms with Gasteiger partial charge in [-0.15, -0.1) is 0 Å². The predicted octanol–water partition coefficient (Wildman–Crippen LogP) is 5.41. The van der Waals surface area contributed by atoms with Crippen LogP contribution >= 0.6 is 23.2 Å². The molecule has 0 bridgehead atoms. The number of hydrogen-bond acceptors (Lipinski definition) is 1. The van der Waals surface area contributed by atoms with Crippen molar-refractivity contribution in [3.8, 4) is 0 Å². The summed E-state index contributed by atoms with van der Waals surface area (Å²) in [5, 5.41) is 1.85. The van der Waals surface area contributed by atoms with Crippen molar-refractivity contribution in [1.29, 1.82) is 0 Å². The second-order valence-corrected chi connectivity index (χ2v) is 8.65. The maximum absolute atomic E-state index is 13.2. The Kier molecular flexibility index (Phi) is 6.34. The average Bonchev–Trinajstić information content (AvgIpc) is 2.64. The molecule has 126 valence electrons. The number of ketones is 1. The van der Waals surface area contributed by atoms with Gasteiger partial charge in [-0.25, -0.2) is 0 Å². The van der Waals surface area contributed by atoms with E-state index in [-0.39, 0.29) is 26.7 Å². The fourth-order valence-corrected chi connectivity index (χ4v) is 5.29. The third-order valence-electron chi connectivity index (χ3n) is 3.90. The van der Waals surface area contributed by atoms with Crippen molar-refractivity contribution in [2.45, 2.75) is 11.2 Å². The Hall–Kier alpha value is -1.57. The summed E-state index contributed by atoms with van der Waals surface area (Å²) in [6.07, 6.45) is 0. The first-order valence-corrected chi connectivity index (χ1v) is 10.7. The van der Waals surface area contributed by atoms with E-state index >= 15 is 0 Å². The Labute approximate surface area is 164 Å². The molecule has 0 saturated carbocycles. The van der Waals surface area contributed by atoms with Crippen LogP contribution in [0.5, 0.6) is 0 Å². The van der Waals surface area contributed by atoms with Gasteiger partial charge in [-0.1, -0.05) is 0 Å². The third-order valence-corrected chi connectivity index (χ3v) is 6.89.